The van der Waals surface area contributed by atoms with E-state index >= 15 is 0 Å². The maximum absolute atomic E-state index is 12.1. The highest BCUT2D eigenvalue weighted by molar-refractivity contribution is 5.97. The first-order valence-corrected chi connectivity index (χ1v) is 5.70. The third kappa shape index (κ3) is 2.33. The molecule has 0 aliphatic heterocycles. The van der Waals surface area contributed by atoms with Crippen LogP contribution in [0, 0.1) is 17.2 Å². The third-order valence-electron chi connectivity index (χ3n) is 2.80. The third-order valence-corrected chi connectivity index (χ3v) is 2.80. The van der Waals surface area contributed by atoms with Crippen molar-refractivity contribution in [1.82, 2.24) is 15.1 Å². The van der Waals surface area contributed by atoms with Crippen molar-refractivity contribution < 1.29 is 4.79 Å². The van der Waals surface area contributed by atoms with Gasteiger partial charge in [-0.15, -0.1) is 0 Å². The average Bonchev–Trinajstić information content (AvgIpc) is 2.84. The lowest BCUT2D eigenvalue weighted by Gasteiger charge is -2.18. The maximum Gasteiger partial charge on any atom is 0.253 e. The van der Waals surface area contributed by atoms with E-state index in [9.17, 15) is 4.79 Å². The number of H-pyrrole nitrogens is 1. The first-order valence-electron chi connectivity index (χ1n) is 5.70. The molecular formula is C13H14N4O. The Morgan fingerprint density at radius 3 is 3.11 bits per heavy atom. The molecule has 1 aromatic carbocycles. The Morgan fingerprint density at radius 1 is 1.61 bits per heavy atom. The van der Waals surface area contributed by atoms with Crippen molar-refractivity contribution in [3.05, 3.63) is 30.0 Å². The fourth-order valence-electron chi connectivity index (χ4n) is 1.82. The van der Waals surface area contributed by atoms with E-state index in [2.05, 4.69) is 16.3 Å². The number of carbonyl (C=O) groups is 1. The number of rotatable bonds is 3. The van der Waals surface area contributed by atoms with E-state index < -0.39 is 0 Å². The summed E-state index contributed by atoms with van der Waals surface area (Å²) in [6, 6.07) is 7.52. The second-order valence-corrected chi connectivity index (χ2v) is 4.39. The van der Waals surface area contributed by atoms with E-state index in [1.165, 1.54) is 0 Å². The van der Waals surface area contributed by atoms with Gasteiger partial charge in [0.05, 0.1) is 23.7 Å². The summed E-state index contributed by atoms with van der Waals surface area (Å²) in [7, 11) is 1.70. The van der Waals surface area contributed by atoms with Gasteiger partial charge in [-0.3, -0.25) is 9.89 Å². The molecule has 92 valence electrons. The second-order valence-electron chi connectivity index (χ2n) is 4.39. The van der Waals surface area contributed by atoms with Gasteiger partial charge in [0.2, 0.25) is 0 Å². The number of nitrogens with zero attached hydrogens (tertiary/aromatic N) is 3. The van der Waals surface area contributed by atoms with E-state index in [1.807, 2.05) is 6.07 Å². The molecule has 0 saturated carbocycles. The zero-order chi connectivity index (χ0) is 13.1. The second kappa shape index (κ2) is 4.88. The maximum atomic E-state index is 12.1. The van der Waals surface area contributed by atoms with Gasteiger partial charge in [-0.25, -0.2) is 0 Å². The molecule has 1 aromatic heterocycles. The molecule has 18 heavy (non-hydrogen) atoms. The summed E-state index contributed by atoms with van der Waals surface area (Å²) in [5.74, 6) is -0.261. The lowest BCUT2D eigenvalue weighted by molar-refractivity contribution is 0.0785. The van der Waals surface area contributed by atoms with Crippen molar-refractivity contribution >= 4 is 16.8 Å². The molecule has 2 rings (SSSR count). The number of nitriles is 1. The molecule has 1 amide bonds. The summed E-state index contributed by atoms with van der Waals surface area (Å²) in [6.07, 6.45) is 1.71. The minimum absolute atomic E-state index is 0.0893. The van der Waals surface area contributed by atoms with Crippen LogP contribution in [0.25, 0.3) is 10.9 Å². The van der Waals surface area contributed by atoms with Crippen LogP contribution in [0.1, 0.15) is 17.3 Å². The molecule has 1 atom stereocenters. The Hall–Kier alpha value is -2.35. The number of benzene rings is 1. The monoisotopic (exact) mass is 242 g/mol. The smallest absolute Gasteiger partial charge is 0.253 e. The molecule has 0 aliphatic carbocycles. The van der Waals surface area contributed by atoms with Crippen molar-refractivity contribution in [3.8, 4) is 6.07 Å². The van der Waals surface area contributed by atoms with Gasteiger partial charge in [-0.1, -0.05) is 6.07 Å². The minimum atomic E-state index is -0.171. The molecule has 0 bridgehead atoms. The zero-order valence-electron chi connectivity index (χ0n) is 10.3. The predicted octanol–water partition coefficient (Wildman–Crippen LogP) is 1.79. The van der Waals surface area contributed by atoms with Gasteiger partial charge in [-0.05, 0) is 19.1 Å². The molecule has 2 aromatic rings. The first-order chi connectivity index (χ1) is 8.61. The summed E-state index contributed by atoms with van der Waals surface area (Å²) in [5, 5.41) is 16.5. The van der Waals surface area contributed by atoms with Crippen molar-refractivity contribution in [2.75, 3.05) is 13.6 Å². The average molecular weight is 242 g/mol. The zero-order valence-corrected chi connectivity index (χ0v) is 10.3. The molecule has 0 radical (unpaired) electrons. The number of aromatic nitrogens is 2. The number of aromatic amines is 1. The molecule has 0 spiro atoms. The van der Waals surface area contributed by atoms with Gasteiger partial charge >= 0.3 is 0 Å². The van der Waals surface area contributed by atoms with Crippen molar-refractivity contribution in [1.29, 1.82) is 5.26 Å². The Kier molecular flexibility index (Phi) is 3.28. The standard InChI is InChI=1S/C13H14N4O/c1-9(6-14)8-17(2)13(18)10-3-4-11-7-15-16-12(11)5-10/h3-5,7,9H,8H2,1-2H3,(H,15,16). The summed E-state index contributed by atoms with van der Waals surface area (Å²) in [6.45, 7) is 2.22. The minimum Gasteiger partial charge on any atom is -0.340 e. The summed E-state index contributed by atoms with van der Waals surface area (Å²) in [4.78, 5) is 13.7. The Morgan fingerprint density at radius 2 is 2.39 bits per heavy atom. The highest BCUT2D eigenvalue weighted by Gasteiger charge is 2.14. The molecule has 5 nitrogen and oxygen atoms in total. The van der Waals surface area contributed by atoms with Crippen LogP contribution in [-0.2, 0) is 0 Å². The van der Waals surface area contributed by atoms with E-state index in [4.69, 9.17) is 5.26 Å². The van der Waals surface area contributed by atoms with Gasteiger partial charge in [-0.2, -0.15) is 10.4 Å². The SMILES string of the molecule is CC(C#N)CN(C)C(=O)c1ccc2cn[nH]c2c1. The van der Waals surface area contributed by atoms with Crippen LogP contribution in [0.4, 0.5) is 0 Å². The van der Waals surface area contributed by atoms with E-state index in [0.29, 0.717) is 12.1 Å². The Bertz CT molecular complexity index is 611. The van der Waals surface area contributed by atoms with E-state index in [0.717, 1.165) is 10.9 Å². The van der Waals surface area contributed by atoms with Crippen molar-refractivity contribution in [3.63, 3.8) is 0 Å². The highest BCUT2D eigenvalue weighted by Crippen LogP contribution is 2.14. The first kappa shape index (κ1) is 12.1. The molecule has 0 fully saturated rings. The van der Waals surface area contributed by atoms with Crippen LogP contribution < -0.4 is 0 Å². The topological polar surface area (TPSA) is 72.8 Å². The van der Waals surface area contributed by atoms with Crippen LogP contribution in [0.15, 0.2) is 24.4 Å². The number of fused-ring (bicyclic) bond motifs is 1. The molecule has 0 saturated heterocycles. The molecule has 0 aliphatic rings. The van der Waals surface area contributed by atoms with E-state index in [-0.39, 0.29) is 11.8 Å². The summed E-state index contributed by atoms with van der Waals surface area (Å²) >= 11 is 0. The number of amides is 1. The Labute approximate surface area is 105 Å². The number of nitrogens with one attached hydrogen (secondary N) is 1. The van der Waals surface area contributed by atoms with Crippen LogP contribution in [-0.4, -0.2) is 34.6 Å². The number of carbonyl (C=O) groups excluding carboxylic acids is 1. The van der Waals surface area contributed by atoms with Gasteiger partial charge in [0, 0.05) is 24.5 Å². The summed E-state index contributed by atoms with van der Waals surface area (Å²) < 4.78 is 0. The molecule has 1 N–H and O–H groups in total. The highest BCUT2D eigenvalue weighted by atomic mass is 16.2. The fraction of sp³-hybridized carbons (Fsp3) is 0.308. The van der Waals surface area contributed by atoms with Crippen LogP contribution >= 0.6 is 0 Å². The molecule has 1 heterocycles. The van der Waals surface area contributed by atoms with Crippen molar-refractivity contribution in [2.45, 2.75) is 6.92 Å². The quantitative estimate of drug-likeness (QED) is 0.891. The van der Waals surface area contributed by atoms with Gasteiger partial charge < -0.3 is 4.90 Å². The normalized spacial score (nSPS) is 12.1. The largest absolute Gasteiger partial charge is 0.340 e. The lowest BCUT2D eigenvalue weighted by atomic mass is 10.1. The predicted molar refractivity (Wildman–Crippen MR) is 67.8 cm³/mol. The van der Waals surface area contributed by atoms with Crippen LogP contribution in [0.2, 0.25) is 0 Å². The molecular weight excluding hydrogens is 228 g/mol. The van der Waals surface area contributed by atoms with Crippen LogP contribution in [0.5, 0.6) is 0 Å². The lowest BCUT2D eigenvalue weighted by Crippen LogP contribution is -2.30. The summed E-state index contributed by atoms with van der Waals surface area (Å²) in [5.41, 5.74) is 1.43. The molecule has 1 unspecified atom stereocenters. The van der Waals surface area contributed by atoms with Crippen LogP contribution in [0.3, 0.4) is 0 Å². The van der Waals surface area contributed by atoms with E-state index in [1.54, 1.807) is 37.2 Å². The number of hydrogen-bond donors (Lipinski definition) is 1. The number of hydrogen-bond acceptors (Lipinski definition) is 3. The molecule has 5 heteroatoms. The van der Waals surface area contributed by atoms with Gasteiger partial charge in [0.25, 0.3) is 5.91 Å². The fourth-order valence-corrected chi connectivity index (χ4v) is 1.82. The van der Waals surface area contributed by atoms with Gasteiger partial charge in [0.15, 0.2) is 0 Å². The van der Waals surface area contributed by atoms with Gasteiger partial charge in [0.1, 0.15) is 0 Å². The Balaban J connectivity index is 2.20. The van der Waals surface area contributed by atoms with Crippen molar-refractivity contribution in [2.24, 2.45) is 5.92 Å².